The summed E-state index contributed by atoms with van der Waals surface area (Å²) in [5, 5.41) is 8.81. The van der Waals surface area contributed by atoms with Crippen molar-refractivity contribution < 1.29 is 0 Å². The SMILES string of the molecule is CCCCCCCCCCCCN(C(=N)N=C(N)N)c1ccc(Cl)cc1. The number of unbranched alkanes of at least 4 members (excludes halogenated alkanes) is 9. The van der Waals surface area contributed by atoms with E-state index < -0.39 is 0 Å². The number of guanidine groups is 2. The Labute approximate surface area is 163 Å². The lowest BCUT2D eigenvalue weighted by Gasteiger charge is -2.23. The Morgan fingerprint density at radius 2 is 1.42 bits per heavy atom. The molecule has 0 saturated heterocycles. The highest BCUT2D eigenvalue weighted by Gasteiger charge is 2.11. The Morgan fingerprint density at radius 1 is 0.923 bits per heavy atom. The first-order chi connectivity index (χ1) is 12.5. The van der Waals surface area contributed by atoms with Crippen LogP contribution in [0.3, 0.4) is 0 Å². The normalized spacial score (nSPS) is 10.5. The molecule has 0 aliphatic carbocycles. The zero-order valence-electron chi connectivity index (χ0n) is 16.0. The molecule has 1 rings (SSSR count). The second kappa shape index (κ2) is 13.5. The number of aliphatic imine (C=N–C) groups is 1. The van der Waals surface area contributed by atoms with E-state index in [-0.39, 0.29) is 11.9 Å². The molecule has 146 valence electrons. The number of nitrogens with one attached hydrogen (secondary N) is 1. The van der Waals surface area contributed by atoms with E-state index in [4.69, 9.17) is 28.5 Å². The number of nitrogens with two attached hydrogens (primary N) is 2. The van der Waals surface area contributed by atoms with Crippen LogP contribution in [0.2, 0.25) is 5.02 Å². The lowest BCUT2D eigenvalue weighted by molar-refractivity contribution is 0.557. The summed E-state index contributed by atoms with van der Waals surface area (Å²) in [6.45, 7) is 2.97. The van der Waals surface area contributed by atoms with Crippen molar-refractivity contribution in [2.24, 2.45) is 16.5 Å². The maximum Gasteiger partial charge on any atom is 0.225 e. The first-order valence-corrected chi connectivity index (χ1v) is 10.1. The van der Waals surface area contributed by atoms with Crippen molar-refractivity contribution >= 4 is 29.2 Å². The Morgan fingerprint density at radius 3 is 1.92 bits per heavy atom. The Hall–Kier alpha value is -1.75. The van der Waals surface area contributed by atoms with E-state index in [1.54, 1.807) is 0 Å². The number of rotatable bonds is 12. The average molecular weight is 380 g/mol. The number of anilines is 1. The van der Waals surface area contributed by atoms with Crippen molar-refractivity contribution in [3.05, 3.63) is 29.3 Å². The smallest absolute Gasteiger partial charge is 0.225 e. The van der Waals surface area contributed by atoms with Crippen molar-refractivity contribution in [3.8, 4) is 0 Å². The second-order valence-corrected chi connectivity index (χ2v) is 7.11. The molecule has 0 atom stereocenters. The van der Waals surface area contributed by atoms with Crippen LogP contribution in [0, 0.1) is 5.41 Å². The maximum atomic E-state index is 8.14. The lowest BCUT2D eigenvalue weighted by Crippen LogP contribution is -2.34. The molecule has 0 saturated carbocycles. The van der Waals surface area contributed by atoms with Gasteiger partial charge in [0.25, 0.3) is 0 Å². The van der Waals surface area contributed by atoms with Crippen LogP contribution in [0.5, 0.6) is 0 Å². The van der Waals surface area contributed by atoms with E-state index in [1.807, 2.05) is 29.2 Å². The molecule has 1 aromatic carbocycles. The van der Waals surface area contributed by atoms with Gasteiger partial charge in [0.1, 0.15) is 0 Å². The number of benzene rings is 1. The van der Waals surface area contributed by atoms with E-state index >= 15 is 0 Å². The van der Waals surface area contributed by atoms with E-state index in [0.717, 1.165) is 18.5 Å². The van der Waals surface area contributed by atoms with E-state index in [9.17, 15) is 0 Å². The first kappa shape index (κ1) is 22.3. The topological polar surface area (TPSA) is 91.5 Å². The zero-order chi connectivity index (χ0) is 19.2. The number of hydrogen-bond donors (Lipinski definition) is 3. The van der Waals surface area contributed by atoms with Gasteiger partial charge in [0.15, 0.2) is 5.96 Å². The highest BCUT2D eigenvalue weighted by Crippen LogP contribution is 2.20. The molecule has 1 aromatic rings. The largest absolute Gasteiger partial charge is 0.370 e. The number of nitrogens with zero attached hydrogens (tertiary/aromatic N) is 2. The molecule has 0 bridgehead atoms. The molecule has 0 spiro atoms. The molecule has 0 amide bonds. The maximum absolute atomic E-state index is 8.14. The van der Waals surface area contributed by atoms with Crippen LogP contribution in [-0.4, -0.2) is 18.5 Å². The van der Waals surface area contributed by atoms with Crippen LogP contribution >= 0.6 is 11.6 Å². The fourth-order valence-electron chi connectivity index (χ4n) is 2.92. The minimum atomic E-state index is -0.1000. The average Bonchev–Trinajstić information content (AvgIpc) is 2.60. The van der Waals surface area contributed by atoms with Gasteiger partial charge in [-0.25, -0.2) is 0 Å². The molecule has 6 heteroatoms. The Kier molecular flexibility index (Phi) is 11.5. The highest BCUT2D eigenvalue weighted by atomic mass is 35.5. The van der Waals surface area contributed by atoms with Crippen LogP contribution in [-0.2, 0) is 0 Å². The highest BCUT2D eigenvalue weighted by molar-refractivity contribution is 6.30. The number of hydrogen-bond acceptors (Lipinski definition) is 1. The van der Waals surface area contributed by atoms with Crippen molar-refractivity contribution in [1.82, 2.24) is 0 Å². The van der Waals surface area contributed by atoms with Gasteiger partial charge in [0.2, 0.25) is 5.96 Å². The molecule has 26 heavy (non-hydrogen) atoms. The fraction of sp³-hybridized carbons (Fsp3) is 0.600. The van der Waals surface area contributed by atoms with Gasteiger partial charge in [-0.15, -0.1) is 0 Å². The lowest BCUT2D eigenvalue weighted by atomic mass is 10.1. The minimum Gasteiger partial charge on any atom is -0.370 e. The molecular formula is C20H34ClN5. The predicted octanol–water partition coefficient (Wildman–Crippen LogP) is 5.28. The van der Waals surface area contributed by atoms with Gasteiger partial charge in [-0.05, 0) is 30.7 Å². The van der Waals surface area contributed by atoms with Crippen molar-refractivity contribution in [3.63, 3.8) is 0 Å². The molecule has 5 N–H and O–H groups in total. The summed E-state index contributed by atoms with van der Waals surface area (Å²) in [6, 6.07) is 7.39. The summed E-state index contributed by atoms with van der Waals surface area (Å²) in [5.74, 6) is -0.0414. The molecule has 0 radical (unpaired) electrons. The quantitative estimate of drug-likeness (QED) is 0.262. The van der Waals surface area contributed by atoms with Gasteiger partial charge < -0.3 is 16.4 Å². The van der Waals surface area contributed by atoms with Crippen molar-refractivity contribution in [2.75, 3.05) is 11.4 Å². The number of halogens is 1. The van der Waals surface area contributed by atoms with Crippen LogP contribution in [0.25, 0.3) is 0 Å². The molecule has 0 unspecified atom stereocenters. The summed E-state index contributed by atoms with van der Waals surface area (Å²) in [6.07, 6.45) is 12.8. The predicted molar refractivity (Wildman–Crippen MR) is 114 cm³/mol. The molecule has 0 aromatic heterocycles. The Balaban J connectivity index is 2.36. The summed E-state index contributed by atoms with van der Waals surface area (Å²) in [5.41, 5.74) is 11.7. The van der Waals surface area contributed by atoms with E-state index in [0.29, 0.717) is 11.6 Å². The van der Waals surface area contributed by atoms with Gasteiger partial charge >= 0.3 is 0 Å². The molecular weight excluding hydrogens is 346 g/mol. The summed E-state index contributed by atoms with van der Waals surface area (Å²) >= 11 is 5.96. The third kappa shape index (κ3) is 9.66. The van der Waals surface area contributed by atoms with Crippen LogP contribution < -0.4 is 16.4 Å². The van der Waals surface area contributed by atoms with Crippen LogP contribution in [0.15, 0.2) is 29.3 Å². The standard InChI is InChI=1S/C20H34ClN5/c1-2-3-4-5-6-7-8-9-10-11-16-26(20(24)25-19(22)23)18-14-12-17(21)13-15-18/h12-15H,2-11,16H2,1H3,(H5,22,23,24,25). The molecule has 5 nitrogen and oxygen atoms in total. The van der Waals surface area contributed by atoms with Crippen LogP contribution in [0.1, 0.15) is 71.1 Å². The molecule has 0 aliphatic heterocycles. The summed E-state index contributed by atoms with van der Waals surface area (Å²) < 4.78 is 0. The second-order valence-electron chi connectivity index (χ2n) is 6.67. The fourth-order valence-corrected chi connectivity index (χ4v) is 3.04. The summed E-state index contributed by atoms with van der Waals surface area (Å²) in [7, 11) is 0. The first-order valence-electron chi connectivity index (χ1n) is 9.76. The minimum absolute atomic E-state index is 0.0586. The van der Waals surface area contributed by atoms with Crippen molar-refractivity contribution in [1.29, 1.82) is 5.41 Å². The van der Waals surface area contributed by atoms with E-state index in [2.05, 4.69) is 11.9 Å². The van der Waals surface area contributed by atoms with Crippen LogP contribution in [0.4, 0.5) is 5.69 Å². The Bertz CT molecular complexity index is 538. The third-order valence-corrected chi connectivity index (χ3v) is 4.62. The van der Waals surface area contributed by atoms with Gasteiger partial charge in [0.05, 0.1) is 0 Å². The van der Waals surface area contributed by atoms with E-state index in [1.165, 1.54) is 51.4 Å². The zero-order valence-corrected chi connectivity index (χ0v) is 16.8. The molecule has 0 heterocycles. The van der Waals surface area contributed by atoms with Gasteiger partial charge in [-0.1, -0.05) is 76.3 Å². The summed E-state index contributed by atoms with van der Waals surface area (Å²) in [4.78, 5) is 5.71. The third-order valence-electron chi connectivity index (χ3n) is 4.36. The van der Waals surface area contributed by atoms with Gasteiger partial charge in [0, 0.05) is 17.3 Å². The van der Waals surface area contributed by atoms with Crippen molar-refractivity contribution in [2.45, 2.75) is 71.1 Å². The monoisotopic (exact) mass is 379 g/mol. The van der Waals surface area contributed by atoms with Gasteiger partial charge in [-0.3, -0.25) is 5.41 Å². The molecule has 0 aliphatic rings. The molecule has 0 fully saturated rings. The van der Waals surface area contributed by atoms with Gasteiger partial charge in [-0.2, -0.15) is 4.99 Å².